The summed E-state index contributed by atoms with van der Waals surface area (Å²) >= 11 is 0. The van der Waals surface area contributed by atoms with Crippen LogP contribution < -0.4 is 5.73 Å². The van der Waals surface area contributed by atoms with Gasteiger partial charge in [0, 0.05) is 13.1 Å². The van der Waals surface area contributed by atoms with Crippen molar-refractivity contribution in [3.05, 3.63) is 0 Å². The fraction of sp³-hybridized carbons (Fsp3) is 1.00. The number of sulfonamides is 1. The molecule has 0 spiro atoms. The molecule has 0 aromatic heterocycles. The predicted octanol–water partition coefficient (Wildman–Crippen LogP) is 0.00680. The molecule has 0 radical (unpaired) electrons. The molecule has 0 amide bonds. The zero-order valence-electron chi connectivity index (χ0n) is 8.07. The molecule has 4 nitrogen and oxygen atoms in total. The van der Waals surface area contributed by atoms with Crippen molar-refractivity contribution in [1.29, 1.82) is 0 Å². The summed E-state index contributed by atoms with van der Waals surface area (Å²) in [7, 11) is -3.01. The van der Waals surface area contributed by atoms with Crippen molar-refractivity contribution in [1.82, 2.24) is 4.31 Å². The summed E-state index contributed by atoms with van der Waals surface area (Å²) in [6.07, 6.45) is 4.38. The molecular formula is C8H18N2O2S. The minimum absolute atomic E-state index is 0.345. The van der Waals surface area contributed by atoms with Crippen LogP contribution in [0.2, 0.25) is 0 Å². The van der Waals surface area contributed by atoms with Crippen LogP contribution in [0, 0.1) is 5.92 Å². The third-order valence-corrected chi connectivity index (χ3v) is 3.80. The Bertz CT molecular complexity index is 251. The molecular weight excluding hydrogens is 188 g/mol. The van der Waals surface area contributed by atoms with Gasteiger partial charge in [-0.15, -0.1) is 0 Å². The Hall–Kier alpha value is -0.130. The van der Waals surface area contributed by atoms with Gasteiger partial charge in [0.1, 0.15) is 0 Å². The van der Waals surface area contributed by atoms with Crippen molar-refractivity contribution in [2.45, 2.75) is 19.3 Å². The molecule has 78 valence electrons. The van der Waals surface area contributed by atoms with Crippen LogP contribution in [-0.4, -0.2) is 38.6 Å². The van der Waals surface area contributed by atoms with Gasteiger partial charge in [0.15, 0.2) is 0 Å². The van der Waals surface area contributed by atoms with E-state index in [-0.39, 0.29) is 0 Å². The monoisotopic (exact) mass is 206 g/mol. The van der Waals surface area contributed by atoms with Crippen LogP contribution in [-0.2, 0) is 10.0 Å². The molecule has 0 saturated carbocycles. The SMILES string of the molecule is CS(=O)(=O)N1CCCCC(CN)C1. The molecule has 5 heteroatoms. The van der Waals surface area contributed by atoms with Gasteiger partial charge < -0.3 is 5.73 Å². The minimum Gasteiger partial charge on any atom is -0.330 e. The van der Waals surface area contributed by atoms with Crippen LogP contribution >= 0.6 is 0 Å². The van der Waals surface area contributed by atoms with Gasteiger partial charge in [0.2, 0.25) is 10.0 Å². The molecule has 0 bridgehead atoms. The smallest absolute Gasteiger partial charge is 0.211 e. The summed E-state index contributed by atoms with van der Waals surface area (Å²) in [5, 5.41) is 0. The Morgan fingerprint density at radius 3 is 2.69 bits per heavy atom. The first kappa shape index (κ1) is 10.9. The Labute approximate surface area is 80.1 Å². The van der Waals surface area contributed by atoms with Crippen molar-refractivity contribution in [3.63, 3.8) is 0 Å². The number of nitrogens with two attached hydrogens (primary N) is 1. The Morgan fingerprint density at radius 1 is 1.46 bits per heavy atom. The number of hydrogen-bond donors (Lipinski definition) is 1. The summed E-state index contributed by atoms with van der Waals surface area (Å²) < 4.78 is 24.1. The highest BCUT2D eigenvalue weighted by atomic mass is 32.2. The molecule has 0 aromatic carbocycles. The van der Waals surface area contributed by atoms with E-state index in [1.54, 1.807) is 4.31 Å². The maximum absolute atomic E-state index is 11.3. The van der Waals surface area contributed by atoms with Gasteiger partial charge in [-0.1, -0.05) is 6.42 Å². The summed E-state index contributed by atoms with van der Waals surface area (Å²) in [6, 6.07) is 0. The molecule has 1 aliphatic heterocycles. The quantitative estimate of drug-likeness (QED) is 0.692. The molecule has 1 aliphatic rings. The Kier molecular flexibility index (Phi) is 3.70. The van der Waals surface area contributed by atoms with Gasteiger partial charge in [-0.25, -0.2) is 12.7 Å². The van der Waals surface area contributed by atoms with E-state index >= 15 is 0 Å². The average Bonchev–Trinajstić information content (AvgIpc) is 2.27. The van der Waals surface area contributed by atoms with Crippen molar-refractivity contribution in [3.8, 4) is 0 Å². The fourth-order valence-corrected chi connectivity index (χ4v) is 2.63. The first-order chi connectivity index (χ1) is 6.04. The van der Waals surface area contributed by atoms with Gasteiger partial charge >= 0.3 is 0 Å². The van der Waals surface area contributed by atoms with Crippen molar-refractivity contribution < 1.29 is 8.42 Å². The van der Waals surface area contributed by atoms with Crippen LogP contribution in [0.1, 0.15) is 19.3 Å². The second kappa shape index (κ2) is 4.39. The van der Waals surface area contributed by atoms with E-state index < -0.39 is 10.0 Å². The lowest BCUT2D eigenvalue weighted by molar-refractivity contribution is 0.372. The van der Waals surface area contributed by atoms with E-state index in [0.29, 0.717) is 25.6 Å². The van der Waals surface area contributed by atoms with Crippen LogP contribution in [0.5, 0.6) is 0 Å². The van der Waals surface area contributed by atoms with Gasteiger partial charge in [-0.2, -0.15) is 0 Å². The van der Waals surface area contributed by atoms with E-state index in [2.05, 4.69) is 0 Å². The van der Waals surface area contributed by atoms with Crippen LogP contribution in [0.4, 0.5) is 0 Å². The summed E-state index contributed by atoms with van der Waals surface area (Å²) in [5.74, 6) is 0.345. The lowest BCUT2D eigenvalue weighted by atomic mass is 10.0. The van der Waals surface area contributed by atoms with Crippen molar-refractivity contribution >= 4 is 10.0 Å². The van der Waals surface area contributed by atoms with Gasteiger partial charge in [-0.05, 0) is 25.3 Å². The molecule has 1 saturated heterocycles. The fourth-order valence-electron chi connectivity index (χ4n) is 1.69. The Balaban J connectivity index is 2.65. The Morgan fingerprint density at radius 2 is 2.15 bits per heavy atom. The van der Waals surface area contributed by atoms with E-state index in [1.165, 1.54) is 6.26 Å². The summed E-state index contributed by atoms with van der Waals surface area (Å²) in [4.78, 5) is 0. The van der Waals surface area contributed by atoms with Crippen LogP contribution in [0.15, 0.2) is 0 Å². The van der Waals surface area contributed by atoms with E-state index in [4.69, 9.17) is 5.73 Å². The first-order valence-electron chi connectivity index (χ1n) is 4.69. The average molecular weight is 206 g/mol. The highest BCUT2D eigenvalue weighted by Gasteiger charge is 2.22. The highest BCUT2D eigenvalue weighted by molar-refractivity contribution is 7.88. The van der Waals surface area contributed by atoms with Crippen molar-refractivity contribution in [2.75, 3.05) is 25.9 Å². The molecule has 0 aliphatic carbocycles. The van der Waals surface area contributed by atoms with E-state index in [0.717, 1.165) is 19.3 Å². The van der Waals surface area contributed by atoms with Gasteiger partial charge in [0.05, 0.1) is 6.26 Å². The van der Waals surface area contributed by atoms with Gasteiger partial charge in [0.25, 0.3) is 0 Å². The molecule has 1 unspecified atom stereocenters. The predicted molar refractivity (Wildman–Crippen MR) is 52.8 cm³/mol. The molecule has 1 fully saturated rings. The van der Waals surface area contributed by atoms with E-state index in [1.807, 2.05) is 0 Å². The molecule has 13 heavy (non-hydrogen) atoms. The minimum atomic E-state index is -3.01. The third kappa shape index (κ3) is 3.25. The lowest BCUT2D eigenvalue weighted by Gasteiger charge is -2.20. The van der Waals surface area contributed by atoms with E-state index in [9.17, 15) is 8.42 Å². The molecule has 1 rings (SSSR count). The third-order valence-electron chi connectivity index (χ3n) is 2.53. The largest absolute Gasteiger partial charge is 0.330 e. The number of hydrogen-bond acceptors (Lipinski definition) is 3. The number of nitrogens with zero attached hydrogens (tertiary/aromatic N) is 1. The van der Waals surface area contributed by atoms with Crippen LogP contribution in [0.3, 0.4) is 0 Å². The second-order valence-electron chi connectivity index (χ2n) is 3.72. The maximum atomic E-state index is 11.3. The maximum Gasteiger partial charge on any atom is 0.211 e. The normalized spacial score (nSPS) is 27.1. The zero-order chi connectivity index (χ0) is 9.90. The lowest BCUT2D eigenvalue weighted by Crippen LogP contribution is -2.35. The summed E-state index contributed by atoms with van der Waals surface area (Å²) in [6.45, 7) is 1.86. The molecule has 1 atom stereocenters. The molecule has 1 heterocycles. The van der Waals surface area contributed by atoms with Crippen LogP contribution in [0.25, 0.3) is 0 Å². The highest BCUT2D eigenvalue weighted by Crippen LogP contribution is 2.17. The van der Waals surface area contributed by atoms with Gasteiger partial charge in [-0.3, -0.25) is 0 Å². The number of rotatable bonds is 2. The topological polar surface area (TPSA) is 63.4 Å². The first-order valence-corrected chi connectivity index (χ1v) is 6.54. The van der Waals surface area contributed by atoms with Crippen molar-refractivity contribution in [2.24, 2.45) is 11.7 Å². The molecule has 2 N–H and O–H groups in total. The molecule has 0 aromatic rings. The summed E-state index contributed by atoms with van der Waals surface area (Å²) in [5.41, 5.74) is 5.56. The zero-order valence-corrected chi connectivity index (χ0v) is 8.89. The standard InChI is InChI=1S/C8H18N2O2S/c1-13(11,12)10-5-3-2-4-8(6-9)7-10/h8H,2-7,9H2,1H3. The second-order valence-corrected chi connectivity index (χ2v) is 5.70.